The molecule has 0 atom stereocenters. The minimum absolute atomic E-state index is 0.0883. The zero-order valence-corrected chi connectivity index (χ0v) is 14.2. The summed E-state index contributed by atoms with van der Waals surface area (Å²) in [6.07, 6.45) is 1.77. The van der Waals surface area contributed by atoms with Crippen LogP contribution < -0.4 is 10.3 Å². The van der Waals surface area contributed by atoms with Gasteiger partial charge in [-0.3, -0.25) is 4.79 Å². The predicted octanol–water partition coefficient (Wildman–Crippen LogP) is 4.23. The second kappa shape index (κ2) is 5.64. The molecule has 0 fully saturated rings. The van der Waals surface area contributed by atoms with Crippen LogP contribution in [-0.2, 0) is 6.54 Å². The maximum Gasteiger partial charge on any atom is 0.262 e. The average molecular weight is 357 g/mol. The van der Waals surface area contributed by atoms with Crippen LogP contribution in [0.25, 0.3) is 21.9 Å². The van der Waals surface area contributed by atoms with Crippen LogP contribution in [0.1, 0.15) is 5.56 Å². The number of hydrogen-bond donors (Lipinski definition) is 2. The lowest BCUT2D eigenvalue weighted by Crippen LogP contribution is -2.21. The molecule has 4 aromatic rings. The molecule has 5 nitrogen and oxygen atoms in total. The lowest BCUT2D eigenvalue weighted by molar-refractivity contribution is 0.463. The summed E-state index contributed by atoms with van der Waals surface area (Å²) in [7, 11) is 0. The first kappa shape index (κ1) is 15.5. The monoisotopic (exact) mass is 357 g/mol. The molecule has 0 bridgehead atoms. The van der Waals surface area contributed by atoms with Crippen molar-refractivity contribution in [2.75, 3.05) is 0 Å². The Bertz CT molecular complexity index is 1260. The zero-order chi connectivity index (χ0) is 18.5. The molecule has 5 heteroatoms. The summed E-state index contributed by atoms with van der Waals surface area (Å²) in [5.74, 6) is 1.13. The molecule has 27 heavy (non-hydrogen) atoms. The molecule has 2 N–H and O–H groups in total. The van der Waals surface area contributed by atoms with E-state index < -0.39 is 0 Å². The van der Waals surface area contributed by atoms with E-state index in [2.05, 4.69) is 0 Å². The number of phenolic OH excluding ortho intramolecular Hbond substituents is 2. The fourth-order valence-corrected chi connectivity index (χ4v) is 3.60. The van der Waals surface area contributed by atoms with E-state index in [1.807, 2.05) is 30.3 Å². The van der Waals surface area contributed by atoms with Crippen molar-refractivity contribution in [3.63, 3.8) is 0 Å². The Balaban J connectivity index is 1.85. The molecule has 0 amide bonds. The van der Waals surface area contributed by atoms with E-state index >= 15 is 0 Å². The molecule has 132 valence electrons. The van der Waals surface area contributed by atoms with Crippen LogP contribution in [0.5, 0.6) is 23.0 Å². The van der Waals surface area contributed by atoms with Gasteiger partial charge < -0.3 is 19.5 Å². The second-order valence-corrected chi connectivity index (χ2v) is 6.58. The van der Waals surface area contributed by atoms with E-state index in [4.69, 9.17) is 4.74 Å². The molecule has 0 aliphatic carbocycles. The van der Waals surface area contributed by atoms with Gasteiger partial charge in [0.1, 0.15) is 23.0 Å². The van der Waals surface area contributed by atoms with Crippen molar-refractivity contribution in [2.24, 2.45) is 0 Å². The van der Waals surface area contributed by atoms with Crippen LogP contribution in [0, 0.1) is 0 Å². The van der Waals surface area contributed by atoms with Gasteiger partial charge in [-0.25, -0.2) is 0 Å². The van der Waals surface area contributed by atoms with Crippen molar-refractivity contribution < 1.29 is 14.9 Å². The highest BCUT2D eigenvalue weighted by Crippen LogP contribution is 2.48. The molecule has 5 rings (SSSR count). The van der Waals surface area contributed by atoms with Gasteiger partial charge in [-0.05, 0) is 35.9 Å². The van der Waals surface area contributed by atoms with Gasteiger partial charge in [0.2, 0.25) is 0 Å². The summed E-state index contributed by atoms with van der Waals surface area (Å²) in [6, 6.07) is 17.6. The predicted molar refractivity (Wildman–Crippen MR) is 103 cm³/mol. The molecular formula is C22H15NO4. The number of aromatic hydroxyl groups is 2. The number of aromatic nitrogens is 1. The number of nitrogens with zero attached hydrogens (tertiary/aromatic N) is 1. The maximum atomic E-state index is 13.1. The van der Waals surface area contributed by atoms with E-state index in [0.717, 1.165) is 11.1 Å². The van der Waals surface area contributed by atoms with Gasteiger partial charge in [-0.1, -0.05) is 30.3 Å². The topological polar surface area (TPSA) is 71.7 Å². The standard InChI is InChI=1S/C22H15NO4/c24-14-6-8-18-15(10-14)16-12-23(11-13-4-2-1-3-5-13)22(26)21-17(25)7-9-19(27-18)20(16)21/h1-10,12,24-25H,11H2. The Hall–Kier alpha value is -3.73. The van der Waals surface area contributed by atoms with Crippen molar-refractivity contribution in [3.8, 4) is 34.1 Å². The van der Waals surface area contributed by atoms with Crippen LogP contribution in [0.15, 0.2) is 71.7 Å². The molecule has 0 spiro atoms. The van der Waals surface area contributed by atoms with E-state index in [1.165, 1.54) is 6.07 Å². The summed E-state index contributed by atoms with van der Waals surface area (Å²) >= 11 is 0. The number of benzene rings is 3. The molecule has 1 aliphatic heterocycles. The third-order valence-corrected chi connectivity index (χ3v) is 4.84. The normalized spacial score (nSPS) is 11.9. The number of pyridine rings is 1. The average Bonchev–Trinajstić information content (AvgIpc) is 2.67. The van der Waals surface area contributed by atoms with Crippen LogP contribution in [0.4, 0.5) is 0 Å². The molecule has 1 aromatic heterocycles. The van der Waals surface area contributed by atoms with E-state index in [0.29, 0.717) is 29.0 Å². The molecule has 0 unspecified atom stereocenters. The molecule has 0 saturated carbocycles. The smallest absolute Gasteiger partial charge is 0.262 e. The lowest BCUT2D eigenvalue weighted by atomic mass is 9.96. The Kier molecular flexibility index (Phi) is 3.24. The Morgan fingerprint density at radius 2 is 1.63 bits per heavy atom. The minimum Gasteiger partial charge on any atom is -0.508 e. The number of rotatable bonds is 2. The van der Waals surface area contributed by atoms with Crippen LogP contribution in [0.3, 0.4) is 0 Å². The fraction of sp³-hybridized carbons (Fsp3) is 0.0455. The Labute approximate surface area is 154 Å². The molecule has 1 aliphatic rings. The molecule has 3 aromatic carbocycles. The molecule has 0 radical (unpaired) electrons. The van der Waals surface area contributed by atoms with Gasteiger partial charge in [0.15, 0.2) is 0 Å². The fourth-order valence-electron chi connectivity index (χ4n) is 3.60. The number of ether oxygens (including phenoxy) is 1. The Morgan fingerprint density at radius 1 is 0.852 bits per heavy atom. The second-order valence-electron chi connectivity index (χ2n) is 6.58. The molecular weight excluding hydrogens is 342 g/mol. The van der Waals surface area contributed by atoms with Crippen molar-refractivity contribution in [2.45, 2.75) is 6.54 Å². The molecule has 0 saturated heterocycles. The first-order chi connectivity index (χ1) is 13.1. The molecule has 2 heterocycles. The van der Waals surface area contributed by atoms with Crippen molar-refractivity contribution in [1.82, 2.24) is 4.57 Å². The summed E-state index contributed by atoms with van der Waals surface area (Å²) in [5.41, 5.74) is 2.11. The lowest BCUT2D eigenvalue weighted by Gasteiger charge is -2.23. The van der Waals surface area contributed by atoms with Gasteiger partial charge in [0.05, 0.1) is 11.9 Å². The van der Waals surface area contributed by atoms with Crippen LogP contribution in [-0.4, -0.2) is 14.8 Å². The van der Waals surface area contributed by atoms with E-state index in [9.17, 15) is 15.0 Å². The summed E-state index contributed by atoms with van der Waals surface area (Å²) in [6.45, 7) is 0.376. The van der Waals surface area contributed by atoms with Gasteiger partial charge in [0, 0.05) is 22.7 Å². The largest absolute Gasteiger partial charge is 0.508 e. The summed E-state index contributed by atoms with van der Waals surface area (Å²) in [5, 5.41) is 21.1. The summed E-state index contributed by atoms with van der Waals surface area (Å²) in [4.78, 5) is 13.1. The highest BCUT2D eigenvalue weighted by molar-refractivity contribution is 6.05. The maximum absolute atomic E-state index is 13.1. The number of hydrogen-bond acceptors (Lipinski definition) is 4. The number of phenols is 2. The first-order valence-electron chi connectivity index (χ1n) is 8.56. The third-order valence-electron chi connectivity index (χ3n) is 4.84. The first-order valence-corrected chi connectivity index (χ1v) is 8.56. The highest BCUT2D eigenvalue weighted by atomic mass is 16.5. The van der Waals surface area contributed by atoms with Gasteiger partial charge in [-0.2, -0.15) is 0 Å². The van der Waals surface area contributed by atoms with E-state index in [1.54, 1.807) is 35.0 Å². The minimum atomic E-state index is -0.288. The van der Waals surface area contributed by atoms with Gasteiger partial charge >= 0.3 is 0 Å². The van der Waals surface area contributed by atoms with Crippen molar-refractivity contribution >= 4 is 10.8 Å². The van der Waals surface area contributed by atoms with Crippen molar-refractivity contribution in [1.29, 1.82) is 0 Å². The van der Waals surface area contributed by atoms with Crippen molar-refractivity contribution in [3.05, 3.63) is 82.8 Å². The van der Waals surface area contributed by atoms with Gasteiger partial charge in [-0.15, -0.1) is 0 Å². The van der Waals surface area contributed by atoms with Gasteiger partial charge in [0.25, 0.3) is 5.56 Å². The summed E-state index contributed by atoms with van der Waals surface area (Å²) < 4.78 is 7.48. The van der Waals surface area contributed by atoms with Crippen LogP contribution in [0.2, 0.25) is 0 Å². The third kappa shape index (κ3) is 2.36. The highest BCUT2D eigenvalue weighted by Gasteiger charge is 2.24. The van der Waals surface area contributed by atoms with Crippen LogP contribution >= 0.6 is 0 Å². The number of fused-ring (bicyclic) bond motifs is 2. The quantitative estimate of drug-likeness (QED) is 0.496. The van der Waals surface area contributed by atoms with E-state index in [-0.39, 0.29) is 22.4 Å². The Morgan fingerprint density at radius 3 is 2.44 bits per heavy atom. The zero-order valence-electron chi connectivity index (χ0n) is 14.2. The SMILES string of the molecule is O=c1c2c(O)ccc3c2c(cn1Cc1ccccc1)-c1cc(O)ccc1O3.